The first-order valence-corrected chi connectivity index (χ1v) is 15.4. The molecule has 0 fully saturated rings. The van der Waals surface area contributed by atoms with Gasteiger partial charge in [0.25, 0.3) is 0 Å². The normalized spacial score (nSPS) is 12.1. The van der Waals surface area contributed by atoms with E-state index < -0.39 is 0 Å². The summed E-state index contributed by atoms with van der Waals surface area (Å²) in [4.78, 5) is 9.72. The Hall–Kier alpha value is -5.72. The number of fused-ring (bicyclic) bond motifs is 13. The van der Waals surface area contributed by atoms with Gasteiger partial charge in [-0.1, -0.05) is 60.7 Å². The van der Waals surface area contributed by atoms with Crippen molar-refractivity contribution in [2.75, 3.05) is 0 Å². The Bertz CT molecular complexity index is 2770. The van der Waals surface area contributed by atoms with Crippen molar-refractivity contribution in [3.8, 4) is 17.2 Å². The molecule has 0 atom stereocenters. The summed E-state index contributed by atoms with van der Waals surface area (Å²) in [5.74, 6) is 1.52. The molecule has 0 aliphatic heterocycles. The molecule has 0 unspecified atom stereocenters. The van der Waals surface area contributed by atoms with E-state index in [1.54, 1.807) is 11.3 Å². The van der Waals surface area contributed by atoms with Gasteiger partial charge in [0.2, 0.25) is 0 Å². The predicted octanol–water partition coefficient (Wildman–Crippen LogP) is 10.3. The number of aromatic nitrogens is 4. The van der Waals surface area contributed by atoms with Gasteiger partial charge in [0.05, 0.1) is 21.4 Å². The average Bonchev–Trinajstić information content (AvgIpc) is 3.79. The molecule has 5 aromatic carbocycles. The van der Waals surface area contributed by atoms with Crippen molar-refractivity contribution >= 4 is 80.8 Å². The molecule has 5 aromatic heterocycles. The smallest absolute Gasteiger partial charge is 0.146 e. The molecular formula is C38H22N4OS. The van der Waals surface area contributed by atoms with Gasteiger partial charge < -0.3 is 4.74 Å². The molecule has 0 spiro atoms. The summed E-state index contributed by atoms with van der Waals surface area (Å²) < 4.78 is 13.4. The topological polar surface area (TPSA) is 44.4 Å². The molecule has 0 aliphatic carbocycles. The second-order valence-corrected chi connectivity index (χ2v) is 12.2. The van der Waals surface area contributed by atoms with E-state index in [0.717, 1.165) is 50.3 Å². The summed E-state index contributed by atoms with van der Waals surface area (Å²) in [6.45, 7) is 0. The predicted molar refractivity (Wildman–Crippen MR) is 182 cm³/mol. The van der Waals surface area contributed by atoms with Crippen molar-refractivity contribution < 1.29 is 4.74 Å². The monoisotopic (exact) mass is 582 g/mol. The Morgan fingerprint density at radius 1 is 0.545 bits per heavy atom. The fourth-order valence-electron chi connectivity index (χ4n) is 6.83. The molecule has 10 aromatic rings. The lowest BCUT2D eigenvalue weighted by atomic mass is 10.1. The van der Waals surface area contributed by atoms with Crippen LogP contribution in [0.1, 0.15) is 0 Å². The van der Waals surface area contributed by atoms with E-state index >= 15 is 0 Å². The van der Waals surface area contributed by atoms with Crippen LogP contribution < -0.4 is 4.74 Å². The van der Waals surface area contributed by atoms with Crippen molar-refractivity contribution in [3.05, 3.63) is 134 Å². The molecule has 0 amide bonds. The number of nitrogens with zero attached hydrogens (tertiary/aromatic N) is 4. The second-order valence-electron chi connectivity index (χ2n) is 11.1. The highest BCUT2D eigenvalue weighted by Crippen LogP contribution is 2.42. The highest BCUT2D eigenvalue weighted by atomic mass is 32.1. The summed E-state index contributed by atoms with van der Waals surface area (Å²) in [7, 11) is 0. The molecule has 0 N–H and O–H groups in total. The van der Waals surface area contributed by atoms with Gasteiger partial charge in [-0.05, 0) is 53.9 Å². The number of ether oxygens (including phenoxy) is 1. The standard InChI is InChI=1S/C38H22N4OS/c1-4-13-31-27(10-1)26-17-16-25(21-30(26)37-39-18-19-41(31)37)43-24-9-7-8-23(20-24)42-32-14-5-2-11-28(32)36-35-29-12-3-6-15-33(29)44-34(35)22-40-38(36)42/h1-22H. The van der Waals surface area contributed by atoms with E-state index in [1.165, 1.54) is 36.3 Å². The molecule has 44 heavy (non-hydrogen) atoms. The number of hydrogen-bond acceptors (Lipinski definition) is 4. The third-order valence-corrected chi connectivity index (χ3v) is 9.77. The maximum absolute atomic E-state index is 6.53. The first-order chi connectivity index (χ1) is 21.8. The molecule has 0 aliphatic rings. The minimum atomic E-state index is 0.759. The van der Waals surface area contributed by atoms with Crippen LogP contribution in [-0.2, 0) is 0 Å². The van der Waals surface area contributed by atoms with Gasteiger partial charge in [0, 0.05) is 61.7 Å². The Morgan fingerprint density at radius 2 is 1.34 bits per heavy atom. The first kappa shape index (κ1) is 23.8. The number of para-hydroxylation sites is 2. The van der Waals surface area contributed by atoms with Crippen molar-refractivity contribution in [2.24, 2.45) is 0 Å². The fourth-order valence-corrected chi connectivity index (χ4v) is 7.91. The third kappa shape index (κ3) is 3.28. The van der Waals surface area contributed by atoms with Crippen LogP contribution in [0.3, 0.4) is 0 Å². The van der Waals surface area contributed by atoms with Crippen LogP contribution in [-0.4, -0.2) is 18.9 Å². The lowest BCUT2D eigenvalue weighted by molar-refractivity contribution is 0.483. The maximum Gasteiger partial charge on any atom is 0.146 e. The summed E-state index contributed by atoms with van der Waals surface area (Å²) >= 11 is 1.80. The van der Waals surface area contributed by atoms with Gasteiger partial charge in [-0.15, -0.1) is 11.3 Å². The third-order valence-electron chi connectivity index (χ3n) is 8.66. The Balaban J connectivity index is 1.14. The minimum Gasteiger partial charge on any atom is -0.457 e. The van der Waals surface area contributed by atoms with Crippen LogP contribution >= 0.6 is 11.3 Å². The van der Waals surface area contributed by atoms with Gasteiger partial charge in [0.15, 0.2) is 0 Å². The van der Waals surface area contributed by atoms with Crippen molar-refractivity contribution in [1.29, 1.82) is 0 Å². The van der Waals surface area contributed by atoms with E-state index in [2.05, 4.69) is 111 Å². The van der Waals surface area contributed by atoms with E-state index in [-0.39, 0.29) is 0 Å². The summed E-state index contributed by atoms with van der Waals surface area (Å²) in [5.41, 5.74) is 5.12. The molecule has 0 radical (unpaired) electrons. The van der Waals surface area contributed by atoms with E-state index in [0.29, 0.717) is 0 Å². The van der Waals surface area contributed by atoms with Crippen molar-refractivity contribution in [1.82, 2.24) is 18.9 Å². The molecule has 0 saturated carbocycles. The van der Waals surface area contributed by atoms with Gasteiger partial charge in [-0.2, -0.15) is 0 Å². The summed E-state index contributed by atoms with van der Waals surface area (Å²) in [6, 6.07) is 40.2. The molecule has 0 saturated heterocycles. The molecule has 206 valence electrons. The van der Waals surface area contributed by atoms with E-state index in [9.17, 15) is 0 Å². The van der Waals surface area contributed by atoms with Gasteiger partial charge in [0.1, 0.15) is 22.8 Å². The summed E-state index contributed by atoms with van der Waals surface area (Å²) in [5, 5.41) is 8.33. The maximum atomic E-state index is 6.53. The second kappa shape index (κ2) is 8.89. The number of thiophene rings is 1. The largest absolute Gasteiger partial charge is 0.457 e. The summed E-state index contributed by atoms with van der Waals surface area (Å²) in [6.07, 6.45) is 5.89. The van der Waals surface area contributed by atoms with Crippen LogP contribution in [0.15, 0.2) is 134 Å². The molecule has 6 heteroatoms. The van der Waals surface area contributed by atoms with E-state index in [1.807, 2.05) is 36.8 Å². The SMILES string of the molecule is c1cc(Oc2ccc3c4ccccc4n4ccnc4c3c2)cc(-n2c3ccccc3c3c4c(cnc32)sc2ccccc24)c1. The van der Waals surface area contributed by atoms with Crippen LogP contribution in [0.25, 0.3) is 75.1 Å². The lowest BCUT2D eigenvalue weighted by Crippen LogP contribution is -1.96. The van der Waals surface area contributed by atoms with Gasteiger partial charge in [-0.25, -0.2) is 9.97 Å². The average molecular weight is 583 g/mol. The Kier molecular flexibility index (Phi) is 4.81. The number of imidazole rings is 1. The highest BCUT2D eigenvalue weighted by Gasteiger charge is 2.19. The fraction of sp³-hybridized carbons (Fsp3) is 0. The van der Waals surface area contributed by atoms with E-state index in [4.69, 9.17) is 9.72 Å². The van der Waals surface area contributed by atoms with Gasteiger partial charge in [-0.3, -0.25) is 8.97 Å². The number of hydrogen-bond donors (Lipinski definition) is 0. The van der Waals surface area contributed by atoms with Crippen LogP contribution in [0.5, 0.6) is 11.5 Å². The van der Waals surface area contributed by atoms with Crippen LogP contribution in [0, 0.1) is 0 Å². The number of benzene rings is 5. The van der Waals surface area contributed by atoms with Crippen LogP contribution in [0.2, 0.25) is 0 Å². The van der Waals surface area contributed by atoms with Gasteiger partial charge >= 0.3 is 0 Å². The lowest BCUT2D eigenvalue weighted by Gasteiger charge is -2.12. The minimum absolute atomic E-state index is 0.759. The quantitative estimate of drug-likeness (QED) is 0.195. The zero-order valence-electron chi connectivity index (χ0n) is 23.3. The number of pyridine rings is 2. The zero-order valence-corrected chi connectivity index (χ0v) is 24.1. The van der Waals surface area contributed by atoms with Crippen molar-refractivity contribution in [3.63, 3.8) is 0 Å². The highest BCUT2D eigenvalue weighted by molar-refractivity contribution is 7.26. The molecule has 0 bridgehead atoms. The molecule has 10 rings (SSSR count). The van der Waals surface area contributed by atoms with Crippen LogP contribution in [0.4, 0.5) is 0 Å². The molecular weight excluding hydrogens is 561 g/mol. The zero-order chi connectivity index (χ0) is 28.8. The molecule has 5 nitrogen and oxygen atoms in total. The number of rotatable bonds is 3. The first-order valence-electron chi connectivity index (χ1n) is 14.6. The molecule has 5 heterocycles. The Labute approximate surface area is 254 Å². The Morgan fingerprint density at radius 3 is 2.27 bits per heavy atom. The van der Waals surface area contributed by atoms with Crippen molar-refractivity contribution in [2.45, 2.75) is 0 Å².